The maximum absolute atomic E-state index is 10.4. The second-order valence-corrected chi connectivity index (χ2v) is 3.43. The summed E-state index contributed by atoms with van der Waals surface area (Å²) in [6.07, 6.45) is 0.948. The topological polar surface area (TPSA) is 86.2 Å². The van der Waals surface area contributed by atoms with Crippen LogP contribution in [-0.2, 0) is 11.2 Å². The number of aldehydes is 1. The van der Waals surface area contributed by atoms with E-state index in [1.165, 1.54) is 4.52 Å². The number of carbonyl (C=O) groups is 1. The molecule has 2 N–H and O–H groups in total. The lowest BCUT2D eigenvalue weighted by atomic mass is 10.2. The Hall–Kier alpha value is -1.53. The van der Waals surface area contributed by atoms with Gasteiger partial charge in [-0.1, -0.05) is 11.6 Å². The quantitative estimate of drug-likeness (QED) is 0.734. The summed E-state index contributed by atoms with van der Waals surface area (Å²) in [7, 11) is 0. The first-order valence-electron chi connectivity index (χ1n) is 4.28. The summed E-state index contributed by atoms with van der Waals surface area (Å²) in [5, 5.41) is 12.1. The molecule has 0 fully saturated rings. The van der Waals surface area contributed by atoms with E-state index in [2.05, 4.69) is 15.3 Å². The molecule has 0 aromatic carbocycles. The van der Waals surface area contributed by atoms with Crippen molar-refractivity contribution in [3.8, 4) is 0 Å². The van der Waals surface area contributed by atoms with Gasteiger partial charge >= 0.3 is 0 Å². The Bertz CT molecular complexity index is 497. The number of carbonyl (C=O) groups excluding carboxylic acids is 1. The highest BCUT2D eigenvalue weighted by Gasteiger charge is 2.10. The average Bonchev–Trinajstić information content (AvgIpc) is 2.61. The van der Waals surface area contributed by atoms with E-state index in [4.69, 9.17) is 17.3 Å². The summed E-state index contributed by atoms with van der Waals surface area (Å²) in [5.74, 6) is 0.520. The largest absolute Gasteiger partial charge is 0.321 e. The molecule has 2 aromatic rings. The van der Waals surface area contributed by atoms with Crippen LogP contribution in [0.3, 0.4) is 0 Å². The first-order valence-corrected chi connectivity index (χ1v) is 4.66. The van der Waals surface area contributed by atoms with E-state index < -0.39 is 6.04 Å². The summed E-state index contributed by atoms with van der Waals surface area (Å²) >= 11 is 5.73. The van der Waals surface area contributed by atoms with Crippen LogP contribution in [0.1, 0.15) is 5.82 Å². The van der Waals surface area contributed by atoms with Gasteiger partial charge in [-0.25, -0.2) is 0 Å². The molecule has 6 nitrogen and oxygen atoms in total. The molecular weight excluding hydrogens is 218 g/mol. The molecule has 0 amide bonds. The fourth-order valence-electron chi connectivity index (χ4n) is 1.20. The van der Waals surface area contributed by atoms with Crippen molar-refractivity contribution in [2.45, 2.75) is 12.5 Å². The molecule has 0 aliphatic rings. The third-order valence-electron chi connectivity index (χ3n) is 1.89. The Morgan fingerprint density at radius 1 is 1.53 bits per heavy atom. The Morgan fingerprint density at radius 3 is 3.07 bits per heavy atom. The lowest BCUT2D eigenvalue weighted by Gasteiger charge is -2.00. The van der Waals surface area contributed by atoms with Crippen LogP contribution in [-0.4, -0.2) is 32.1 Å². The Balaban J connectivity index is 2.43. The van der Waals surface area contributed by atoms with Gasteiger partial charge in [0.25, 0.3) is 0 Å². The first kappa shape index (κ1) is 10.0. The molecule has 2 aromatic heterocycles. The van der Waals surface area contributed by atoms with Crippen molar-refractivity contribution in [1.29, 1.82) is 0 Å². The number of fused-ring (bicyclic) bond motifs is 1. The van der Waals surface area contributed by atoms with Gasteiger partial charge in [0.2, 0.25) is 0 Å². The van der Waals surface area contributed by atoms with Crippen LogP contribution in [0.25, 0.3) is 5.65 Å². The van der Waals surface area contributed by atoms with Crippen molar-refractivity contribution in [2.75, 3.05) is 0 Å². The predicted molar refractivity (Wildman–Crippen MR) is 53.5 cm³/mol. The molecule has 15 heavy (non-hydrogen) atoms. The van der Waals surface area contributed by atoms with Crippen LogP contribution in [0.2, 0.25) is 5.15 Å². The van der Waals surface area contributed by atoms with Gasteiger partial charge in [0.05, 0.1) is 6.04 Å². The third kappa shape index (κ3) is 1.95. The number of nitrogens with two attached hydrogens (primary N) is 1. The number of hydrogen-bond donors (Lipinski definition) is 1. The fraction of sp³-hybridized carbons (Fsp3) is 0.250. The van der Waals surface area contributed by atoms with E-state index in [1.54, 1.807) is 12.1 Å². The minimum atomic E-state index is -0.599. The van der Waals surface area contributed by atoms with Crippen molar-refractivity contribution in [3.05, 3.63) is 23.1 Å². The van der Waals surface area contributed by atoms with Crippen LogP contribution in [0.5, 0.6) is 0 Å². The van der Waals surface area contributed by atoms with Gasteiger partial charge in [0.1, 0.15) is 11.4 Å². The van der Waals surface area contributed by atoms with Crippen molar-refractivity contribution in [1.82, 2.24) is 19.8 Å². The molecule has 7 heteroatoms. The van der Waals surface area contributed by atoms with Crippen molar-refractivity contribution in [3.63, 3.8) is 0 Å². The van der Waals surface area contributed by atoms with Gasteiger partial charge in [-0.05, 0) is 12.1 Å². The molecule has 0 radical (unpaired) electrons. The summed E-state index contributed by atoms with van der Waals surface area (Å²) in [6.45, 7) is 0. The summed E-state index contributed by atoms with van der Waals surface area (Å²) in [6, 6.07) is 2.71. The van der Waals surface area contributed by atoms with Crippen LogP contribution in [0, 0.1) is 0 Å². The molecule has 0 saturated heterocycles. The maximum Gasteiger partial charge on any atom is 0.178 e. The van der Waals surface area contributed by atoms with Crippen LogP contribution < -0.4 is 5.73 Å². The number of aromatic nitrogens is 4. The molecule has 0 saturated carbocycles. The monoisotopic (exact) mass is 225 g/mol. The van der Waals surface area contributed by atoms with Crippen molar-refractivity contribution in [2.24, 2.45) is 5.73 Å². The number of rotatable bonds is 3. The minimum absolute atomic E-state index is 0.290. The Morgan fingerprint density at radius 2 is 2.33 bits per heavy atom. The second-order valence-electron chi connectivity index (χ2n) is 3.05. The third-order valence-corrected chi connectivity index (χ3v) is 2.09. The van der Waals surface area contributed by atoms with E-state index >= 15 is 0 Å². The highest BCUT2D eigenvalue weighted by molar-refractivity contribution is 6.29. The lowest BCUT2D eigenvalue weighted by Crippen LogP contribution is -2.25. The normalized spacial score (nSPS) is 12.9. The molecule has 1 atom stereocenters. The first-order chi connectivity index (χ1) is 7.20. The zero-order valence-electron chi connectivity index (χ0n) is 7.67. The van der Waals surface area contributed by atoms with Crippen molar-refractivity contribution >= 4 is 23.5 Å². The molecule has 2 rings (SSSR count). The van der Waals surface area contributed by atoms with Gasteiger partial charge in [-0.2, -0.15) is 9.61 Å². The van der Waals surface area contributed by atoms with Gasteiger partial charge in [0, 0.05) is 6.42 Å². The smallest absolute Gasteiger partial charge is 0.178 e. The molecule has 0 unspecified atom stereocenters. The molecule has 0 aliphatic carbocycles. The maximum atomic E-state index is 10.4. The lowest BCUT2D eigenvalue weighted by molar-refractivity contribution is -0.108. The SMILES string of the molecule is N[C@@H](C=O)Cc1nnc2ccc(Cl)nn12. The highest BCUT2D eigenvalue weighted by atomic mass is 35.5. The van der Waals surface area contributed by atoms with Crippen LogP contribution in [0.15, 0.2) is 12.1 Å². The van der Waals surface area contributed by atoms with Crippen LogP contribution in [0.4, 0.5) is 0 Å². The Labute approximate surface area is 90.0 Å². The van der Waals surface area contributed by atoms with Gasteiger partial charge < -0.3 is 10.5 Å². The van der Waals surface area contributed by atoms with E-state index in [0.717, 1.165) is 0 Å². The molecule has 0 aliphatic heterocycles. The second kappa shape index (κ2) is 3.92. The van der Waals surface area contributed by atoms with E-state index in [-0.39, 0.29) is 6.42 Å². The molecule has 2 heterocycles. The summed E-state index contributed by atoms with van der Waals surface area (Å²) < 4.78 is 1.48. The van der Waals surface area contributed by atoms with Crippen LogP contribution >= 0.6 is 11.6 Å². The van der Waals surface area contributed by atoms with Crippen molar-refractivity contribution < 1.29 is 4.79 Å². The zero-order chi connectivity index (χ0) is 10.8. The molecule has 0 spiro atoms. The van der Waals surface area contributed by atoms with E-state index in [0.29, 0.717) is 22.9 Å². The van der Waals surface area contributed by atoms with Gasteiger partial charge in [-0.3, -0.25) is 0 Å². The average molecular weight is 226 g/mol. The van der Waals surface area contributed by atoms with Gasteiger partial charge in [-0.15, -0.1) is 10.2 Å². The molecule has 0 bridgehead atoms. The highest BCUT2D eigenvalue weighted by Crippen LogP contribution is 2.07. The van der Waals surface area contributed by atoms with E-state index in [1.807, 2.05) is 0 Å². The molecule has 78 valence electrons. The summed E-state index contributed by atoms with van der Waals surface area (Å²) in [5.41, 5.74) is 6.06. The number of hydrogen-bond acceptors (Lipinski definition) is 5. The number of halogens is 1. The predicted octanol–water partition coefficient (Wildman–Crippen LogP) is -0.154. The van der Waals surface area contributed by atoms with Gasteiger partial charge in [0.15, 0.2) is 11.5 Å². The minimum Gasteiger partial charge on any atom is -0.321 e. The molecular formula is C8H8ClN5O. The number of nitrogens with zero attached hydrogens (tertiary/aromatic N) is 4. The fourth-order valence-corrected chi connectivity index (χ4v) is 1.34. The zero-order valence-corrected chi connectivity index (χ0v) is 8.42. The summed E-state index contributed by atoms with van der Waals surface area (Å²) in [4.78, 5) is 10.4. The van der Waals surface area contributed by atoms with E-state index in [9.17, 15) is 4.79 Å². The standard InChI is InChI=1S/C8H8ClN5O/c9-6-1-2-7-11-12-8(14(7)13-6)3-5(10)4-15/h1-2,4-5H,3,10H2/t5-/m1/s1. The Kier molecular flexibility index (Phi) is 2.61.